The third kappa shape index (κ3) is 49.4. The lowest BCUT2D eigenvalue weighted by Gasteiger charge is -2.19. The van der Waals surface area contributed by atoms with E-state index < -0.39 is 26.5 Å². The zero-order valence-electron chi connectivity index (χ0n) is 41.9. The third-order valence-electron chi connectivity index (χ3n) is 11.8. The predicted molar refractivity (Wildman–Crippen MR) is 272 cm³/mol. The van der Waals surface area contributed by atoms with Gasteiger partial charge in [0.05, 0.1) is 6.61 Å². The maximum Gasteiger partial charge on any atom is 0.472 e. The molecule has 64 heavy (non-hydrogen) atoms. The fourth-order valence-corrected chi connectivity index (χ4v) is 8.23. The van der Waals surface area contributed by atoms with E-state index in [2.05, 4.69) is 67.0 Å². The molecule has 0 aliphatic heterocycles. The van der Waals surface area contributed by atoms with E-state index in [0.717, 1.165) is 77.7 Å². The molecule has 9 heteroatoms. The zero-order chi connectivity index (χ0) is 46.7. The molecule has 8 nitrogen and oxygen atoms in total. The summed E-state index contributed by atoms with van der Waals surface area (Å²) < 4.78 is 32.2. The van der Waals surface area contributed by atoms with E-state index in [0.29, 0.717) is 12.8 Å². The number of rotatable bonds is 50. The summed E-state index contributed by atoms with van der Waals surface area (Å²) in [6.45, 7) is 3.82. The Morgan fingerprint density at radius 2 is 0.797 bits per heavy atom. The Balaban J connectivity index is 3.86. The van der Waals surface area contributed by atoms with Crippen molar-refractivity contribution in [3.05, 3.63) is 48.6 Å². The highest BCUT2D eigenvalue weighted by molar-refractivity contribution is 7.47. The first-order valence-electron chi connectivity index (χ1n) is 26.8. The van der Waals surface area contributed by atoms with Crippen molar-refractivity contribution in [1.29, 1.82) is 0 Å². The van der Waals surface area contributed by atoms with Gasteiger partial charge in [0.2, 0.25) is 0 Å². The van der Waals surface area contributed by atoms with Crippen LogP contribution in [0.4, 0.5) is 0 Å². The molecular formula is C55H101O8P. The minimum Gasteiger partial charge on any atom is -0.462 e. The molecule has 0 saturated heterocycles. The molecule has 0 radical (unpaired) electrons. The van der Waals surface area contributed by atoms with E-state index >= 15 is 0 Å². The topological polar surface area (TPSA) is 108 Å². The first-order valence-corrected chi connectivity index (χ1v) is 28.3. The fraction of sp³-hybridized carbons (Fsp3) is 0.818. The van der Waals surface area contributed by atoms with Crippen molar-refractivity contribution in [2.45, 2.75) is 270 Å². The van der Waals surface area contributed by atoms with Crippen LogP contribution >= 0.6 is 7.82 Å². The Morgan fingerprint density at radius 3 is 1.19 bits per heavy atom. The first-order chi connectivity index (χ1) is 31.3. The quantitative estimate of drug-likeness (QED) is 0.0278. The highest BCUT2D eigenvalue weighted by Gasteiger charge is 2.24. The van der Waals surface area contributed by atoms with E-state index in [1.807, 2.05) is 0 Å². The largest absolute Gasteiger partial charge is 0.472 e. The molecule has 0 heterocycles. The number of hydrogen-bond acceptors (Lipinski definition) is 7. The Morgan fingerprint density at radius 1 is 0.453 bits per heavy atom. The summed E-state index contributed by atoms with van der Waals surface area (Å²) in [5.41, 5.74) is 0. The average molecular weight is 921 g/mol. The highest BCUT2D eigenvalue weighted by Crippen LogP contribution is 2.42. The molecular weight excluding hydrogens is 820 g/mol. The lowest BCUT2D eigenvalue weighted by Crippen LogP contribution is -2.29. The van der Waals surface area contributed by atoms with E-state index in [-0.39, 0.29) is 19.0 Å². The Kier molecular flexibility index (Phi) is 48.9. The Bertz CT molecular complexity index is 1180. The fourth-order valence-electron chi connectivity index (χ4n) is 7.77. The monoisotopic (exact) mass is 921 g/mol. The smallest absolute Gasteiger partial charge is 0.462 e. The zero-order valence-corrected chi connectivity index (χ0v) is 42.8. The molecule has 0 saturated carbocycles. The lowest BCUT2D eigenvalue weighted by molar-refractivity contribution is -0.161. The second kappa shape index (κ2) is 50.4. The van der Waals surface area contributed by atoms with Gasteiger partial charge in [0.25, 0.3) is 0 Å². The normalized spacial score (nSPS) is 13.5. The van der Waals surface area contributed by atoms with Crippen molar-refractivity contribution in [2.75, 3.05) is 20.3 Å². The van der Waals surface area contributed by atoms with Crippen molar-refractivity contribution >= 4 is 19.8 Å². The average Bonchev–Trinajstić information content (AvgIpc) is 3.29. The van der Waals surface area contributed by atoms with Gasteiger partial charge in [-0.25, -0.2) is 4.57 Å². The van der Waals surface area contributed by atoms with Crippen LogP contribution in [0.15, 0.2) is 48.6 Å². The molecule has 0 aromatic carbocycles. The van der Waals surface area contributed by atoms with Crippen LogP contribution in [-0.4, -0.2) is 43.3 Å². The number of hydrogen-bond donors (Lipinski definition) is 1. The second-order valence-corrected chi connectivity index (χ2v) is 19.6. The van der Waals surface area contributed by atoms with Crippen LogP contribution in [0.5, 0.6) is 0 Å². The lowest BCUT2D eigenvalue weighted by atomic mass is 10.0. The van der Waals surface area contributed by atoms with Crippen LogP contribution in [0.25, 0.3) is 0 Å². The number of phosphoric ester groups is 1. The van der Waals surface area contributed by atoms with Crippen molar-refractivity contribution in [3.8, 4) is 0 Å². The highest BCUT2D eigenvalue weighted by atomic mass is 31.2. The second-order valence-electron chi connectivity index (χ2n) is 18.0. The summed E-state index contributed by atoms with van der Waals surface area (Å²) in [6, 6.07) is 0. The Hall–Kier alpha value is -1.99. The maximum absolute atomic E-state index is 12.6. The number of ether oxygens (including phenoxy) is 2. The van der Waals surface area contributed by atoms with Crippen LogP contribution < -0.4 is 0 Å². The maximum atomic E-state index is 12.6. The number of carbonyl (C=O) groups is 2. The van der Waals surface area contributed by atoms with Gasteiger partial charge in [0, 0.05) is 20.0 Å². The minimum atomic E-state index is -4.27. The van der Waals surface area contributed by atoms with Crippen LogP contribution in [-0.2, 0) is 32.7 Å². The number of esters is 2. The summed E-state index contributed by atoms with van der Waals surface area (Å²) in [7, 11) is -3.20. The van der Waals surface area contributed by atoms with Crippen LogP contribution in [0.1, 0.15) is 264 Å². The summed E-state index contributed by atoms with van der Waals surface area (Å²) in [6.07, 6.45) is 63.2. The van der Waals surface area contributed by atoms with Crippen LogP contribution in [0.2, 0.25) is 0 Å². The molecule has 0 fully saturated rings. The van der Waals surface area contributed by atoms with Gasteiger partial charge in [-0.1, -0.05) is 249 Å². The van der Waals surface area contributed by atoms with Gasteiger partial charge in [-0.15, -0.1) is 0 Å². The standard InChI is InChI=1S/C55H101O8P/c1-4-6-8-10-12-14-16-18-20-22-24-26-28-30-32-34-36-38-40-42-44-46-48-50-55(57)63-53(52-62-64(58,59)60-3)51-61-54(56)49-47-45-43-41-39-37-35-33-31-29-27-25-23-21-19-17-15-13-11-9-7-5-2/h6,8,12,14,18,20,24,26,53H,4-5,7,9-11,13,15-17,19,21-23,25,27-52H2,1-3H3,(H,58,59)/b8-6-,14-12-,20-18-,26-24-. The van der Waals surface area contributed by atoms with E-state index in [1.54, 1.807) is 0 Å². The summed E-state index contributed by atoms with van der Waals surface area (Å²) in [5, 5.41) is 0. The number of allylic oxidation sites excluding steroid dienone is 8. The van der Waals surface area contributed by atoms with Crippen molar-refractivity contribution in [3.63, 3.8) is 0 Å². The van der Waals surface area contributed by atoms with Crippen molar-refractivity contribution in [2.24, 2.45) is 0 Å². The molecule has 0 aromatic rings. The number of phosphoric acid groups is 1. The molecule has 0 aromatic heterocycles. The first kappa shape index (κ1) is 62.0. The summed E-state index contributed by atoms with van der Waals surface area (Å²) >= 11 is 0. The number of carbonyl (C=O) groups excluding carboxylic acids is 2. The third-order valence-corrected chi connectivity index (χ3v) is 12.8. The molecule has 0 aliphatic carbocycles. The summed E-state index contributed by atoms with van der Waals surface area (Å²) in [4.78, 5) is 34.7. The molecule has 2 unspecified atom stereocenters. The predicted octanol–water partition coefficient (Wildman–Crippen LogP) is 17.7. The van der Waals surface area contributed by atoms with E-state index in [1.165, 1.54) is 161 Å². The van der Waals surface area contributed by atoms with Gasteiger partial charge in [-0.2, -0.15) is 0 Å². The molecule has 0 aliphatic rings. The minimum absolute atomic E-state index is 0.224. The van der Waals surface area contributed by atoms with Crippen LogP contribution in [0, 0.1) is 0 Å². The summed E-state index contributed by atoms with van der Waals surface area (Å²) in [5.74, 6) is -0.797. The van der Waals surface area contributed by atoms with E-state index in [9.17, 15) is 19.0 Å². The molecule has 0 rings (SSSR count). The van der Waals surface area contributed by atoms with Crippen molar-refractivity contribution < 1.29 is 37.6 Å². The van der Waals surface area contributed by atoms with Gasteiger partial charge in [-0.3, -0.25) is 18.6 Å². The Labute approximate surface area is 395 Å². The van der Waals surface area contributed by atoms with Crippen LogP contribution in [0.3, 0.4) is 0 Å². The van der Waals surface area contributed by atoms with Gasteiger partial charge in [0.15, 0.2) is 6.10 Å². The molecule has 0 bridgehead atoms. The molecule has 2 atom stereocenters. The van der Waals surface area contributed by atoms with Gasteiger partial charge >= 0.3 is 19.8 Å². The SMILES string of the molecule is CC/C=C\C/C=C\C/C=C\C/C=C\CCCCCCCCCCCCC(=O)OC(COC(=O)CCCCCCCCCCCCCCCCCCCCCCCC)COP(=O)(O)OC. The molecule has 374 valence electrons. The van der Waals surface area contributed by atoms with Gasteiger partial charge in [0.1, 0.15) is 6.61 Å². The van der Waals surface area contributed by atoms with E-state index in [4.69, 9.17) is 14.0 Å². The molecule has 0 spiro atoms. The molecule has 0 amide bonds. The van der Waals surface area contributed by atoms with Gasteiger partial charge in [-0.05, 0) is 51.4 Å². The van der Waals surface area contributed by atoms with Gasteiger partial charge < -0.3 is 14.4 Å². The molecule has 1 N–H and O–H groups in total. The van der Waals surface area contributed by atoms with Crippen molar-refractivity contribution in [1.82, 2.24) is 0 Å². The number of unbranched alkanes of at least 4 members (excludes halogenated alkanes) is 31.